The van der Waals surface area contributed by atoms with Gasteiger partial charge in [0.1, 0.15) is 8.55 Å². The van der Waals surface area contributed by atoms with Gasteiger partial charge in [-0.3, -0.25) is 4.72 Å². The van der Waals surface area contributed by atoms with Crippen LogP contribution in [0.2, 0.25) is 4.34 Å². The molecule has 1 heterocycles. The van der Waals surface area contributed by atoms with Crippen LogP contribution in [0.4, 0.5) is 5.69 Å². The van der Waals surface area contributed by atoms with E-state index in [1.807, 2.05) is 0 Å². The minimum absolute atomic E-state index is 0.00279. The molecule has 10 heteroatoms. The second-order valence-corrected chi connectivity index (χ2v) is 9.56. The number of anilines is 1. The second kappa shape index (κ2) is 8.86. The van der Waals surface area contributed by atoms with E-state index in [1.54, 1.807) is 24.3 Å². The first-order valence-corrected chi connectivity index (χ1v) is 11.1. The average molecular weight is 466 g/mol. The topological polar surface area (TPSA) is 98.8 Å². The fraction of sp³-hybridized carbons (Fsp3) is 0.100. The number of benzene rings is 2. The highest BCUT2D eigenvalue weighted by Crippen LogP contribution is 2.38. The van der Waals surface area contributed by atoms with Crippen LogP contribution in [0, 0.1) is 0 Å². The van der Waals surface area contributed by atoms with Gasteiger partial charge in [-0.05, 0) is 48.0 Å². The van der Waals surface area contributed by atoms with Gasteiger partial charge in [-0.2, -0.15) is 0 Å². The molecule has 1 N–H and O–H groups in total. The van der Waals surface area contributed by atoms with Gasteiger partial charge in [0, 0.05) is 11.3 Å². The SMILES string of the molecule is COC(=O)c1ccc(NS(=O)(=O)c2cc(-c3cccc(C(=O)OC)c3)c(Cl)s2)cc1. The van der Waals surface area contributed by atoms with Crippen molar-refractivity contribution in [1.82, 2.24) is 0 Å². The van der Waals surface area contributed by atoms with Crippen molar-refractivity contribution < 1.29 is 27.5 Å². The van der Waals surface area contributed by atoms with Crippen molar-refractivity contribution in [2.45, 2.75) is 4.21 Å². The van der Waals surface area contributed by atoms with Gasteiger partial charge in [-0.25, -0.2) is 18.0 Å². The maximum atomic E-state index is 12.8. The third kappa shape index (κ3) is 4.64. The molecule has 0 saturated carbocycles. The molecule has 3 aromatic rings. The first-order valence-electron chi connectivity index (χ1n) is 8.44. The molecule has 156 valence electrons. The molecule has 1 aromatic heterocycles. The molecule has 0 radical (unpaired) electrons. The highest BCUT2D eigenvalue weighted by atomic mass is 35.5. The summed E-state index contributed by atoms with van der Waals surface area (Å²) in [7, 11) is -1.38. The minimum Gasteiger partial charge on any atom is -0.465 e. The van der Waals surface area contributed by atoms with Crippen molar-refractivity contribution in [3.63, 3.8) is 0 Å². The maximum absolute atomic E-state index is 12.8. The first-order chi connectivity index (χ1) is 14.2. The number of sulfonamides is 1. The molecule has 30 heavy (non-hydrogen) atoms. The molecule has 0 saturated heterocycles. The van der Waals surface area contributed by atoms with Gasteiger partial charge in [0.15, 0.2) is 0 Å². The molecule has 3 rings (SSSR count). The summed E-state index contributed by atoms with van der Waals surface area (Å²) in [6.45, 7) is 0. The summed E-state index contributed by atoms with van der Waals surface area (Å²) < 4.78 is 37.6. The van der Waals surface area contributed by atoms with E-state index >= 15 is 0 Å². The zero-order valence-corrected chi connectivity index (χ0v) is 18.2. The molecule has 0 amide bonds. The standard InChI is InChI=1S/C20H16ClNO6S2/c1-27-19(23)12-6-8-15(9-7-12)22-30(25,26)17-11-16(18(21)29-17)13-4-3-5-14(10-13)20(24)28-2/h3-11,22H,1-2H3. The number of nitrogens with one attached hydrogen (secondary N) is 1. The maximum Gasteiger partial charge on any atom is 0.337 e. The molecule has 7 nitrogen and oxygen atoms in total. The van der Waals surface area contributed by atoms with E-state index < -0.39 is 22.0 Å². The van der Waals surface area contributed by atoms with E-state index in [4.69, 9.17) is 16.3 Å². The number of ether oxygens (including phenoxy) is 2. The van der Waals surface area contributed by atoms with Gasteiger partial charge in [0.2, 0.25) is 0 Å². The normalized spacial score (nSPS) is 11.0. The average Bonchev–Trinajstić information content (AvgIpc) is 3.15. The van der Waals surface area contributed by atoms with Crippen LogP contribution < -0.4 is 4.72 Å². The molecule has 0 aliphatic carbocycles. The number of hydrogen-bond donors (Lipinski definition) is 1. The summed E-state index contributed by atoms with van der Waals surface area (Å²) in [6.07, 6.45) is 0. The van der Waals surface area contributed by atoms with E-state index in [0.29, 0.717) is 22.3 Å². The van der Waals surface area contributed by atoms with Crippen molar-refractivity contribution in [2.75, 3.05) is 18.9 Å². The smallest absolute Gasteiger partial charge is 0.337 e. The van der Waals surface area contributed by atoms with Crippen molar-refractivity contribution in [3.05, 3.63) is 70.1 Å². The molecule has 2 aromatic carbocycles. The summed E-state index contributed by atoms with van der Waals surface area (Å²) in [5, 5.41) is 0. The summed E-state index contributed by atoms with van der Waals surface area (Å²) in [4.78, 5) is 23.2. The number of hydrogen-bond acceptors (Lipinski definition) is 7. The Kier molecular flexibility index (Phi) is 6.45. The van der Waals surface area contributed by atoms with Crippen molar-refractivity contribution >= 4 is 50.6 Å². The third-order valence-electron chi connectivity index (χ3n) is 4.08. The largest absolute Gasteiger partial charge is 0.465 e. The van der Waals surface area contributed by atoms with Gasteiger partial charge < -0.3 is 9.47 Å². The van der Waals surface area contributed by atoms with Crippen LogP contribution in [0.1, 0.15) is 20.7 Å². The van der Waals surface area contributed by atoms with Crippen molar-refractivity contribution in [2.24, 2.45) is 0 Å². The molecule has 0 fully saturated rings. The van der Waals surface area contributed by atoms with Crippen LogP contribution in [-0.2, 0) is 19.5 Å². The molecule has 0 bridgehead atoms. The summed E-state index contributed by atoms with van der Waals surface area (Å²) in [5.74, 6) is -1.03. The summed E-state index contributed by atoms with van der Waals surface area (Å²) >= 11 is 7.18. The van der Waals surface area contributed by atoms with Gasteiger partial charge >= 0.3 is 11.9 Å². The summed E-state index contributed by atoms with van der Waals surface area (Å²) in [5.41, 5.74) is 1.97. The van der Waals surface area contributed by atoms with Crippen LogP contribution in [0.25, 0.3) is 11.1 Å². The Morgan fingerprint density at radius 2 is 1.57 bits per heavy atom. The quantitative estimate of drug-likeness (QED) is 0.540. The molecule has 0 atom stereocenters. The van der Waals surface area contributed by atoms with Crippen LogP contribution in [0.15, 0.2) is 58.8 Å². The molecule has 0 aliphatic heterocycles. The number of methoxy groups -OCH3 is 2. The fourth-order valence-electron chi connectivity index (χ4n) is 2.61. The number of carbonyl (C=O) groups is 2. The molecule has 0 aliphatic rings. The lowest BCUT2D eigenvalue weighted by atomic mass is 10.1. The van der Waals surface area contributed by atoms with E-state index in [-0.39, 0.29) is 14.2 Å². The molecular weight excluding hydrogens is 450 g/mol. The van der Waals surface area contributed by atoms with Crippen LogP contribution in [0.3, 0.4) is 0 Å². The zero-order valence-electron chi connectivity index (χ0n) is 15.8. The Labute approximate surface area is 182 Å². The van der Waals surface area contributed by atoms with Gasteiger partial charge in [-0.15, -0.1) is 11.3 Å². The number of halogens is 1. The lowest BCUT2D eigenvalue weighted by Crippen LogP contribution is -2.11. The number of esters is 2. The van der Waals surface area contributed by atoms with E-state index in [0.717, 1.165) is 11.3 Å². The number of carbonyl (C=O) groups excluding carboxylic acids is 2. The lowest BCUT2D eigenvalue weighted by molar-refractivity contribution is 0.0592. The van der Waals surface area contributed by atoms with E-state index in [2.05, 4.69) is 9.46 Å². The Hall–Kier alpha value is -2.88. The number of thiophene rings is 1. The monoisotopic (exact) mass is 465 g/mol. The van der Waals surface area contributed by atoms with Crippen LogP contribution in [0.5, 0.6) is 0 Å². The Bertz CT molecular complexity index is 1200. The minimum atomic E-state index is -3.92. The van der Waals surface area contributed by atoms with Crippen LogP contribution in [-0.4, -0.2) is 34.6 Å². The third-order valence-corrected chi connectivity index (χ3v) is 7.30. The van der Waals surface area contributed by atoms with E-state index in [9.17, 15) is 18.0 Å². The number of rotatable bonds is 6. The first kappa shape index (κ1) is 21.8. The fourth-order valence-corrected chi connectivity index (χ4v) is 5.43. The molecule has 0 spiro atoms. The highest BCUT2D eigenvalue weighted by molar-refractivity contribution is 7.94. The molecular formula is C20H16ClNO6S2. The highest BCUT2D eigenvalue weighted by Gasteiger charge is 2.21. The second-order valence-electron chi connectivity index (χ2n) is 6.00. The Morgan fingerprint density at radius 3 is 2.20 bits per heavy atom. The van der Waals surface area contributed by atoms with Gasteiger partial charge in [0.25, 0.3) is 10.0 Å². The Balaban J connectivity index is 1.88. The molecule has 0 unspecified atom stereocenters. The summed E-state index contributed by atoms with van der Waals surface area (Å²) in [6, 6.07) is 13.8. The lowest BCUT2D eigenvalue weighted by Gasteiger charge is -2.07. The Morgan fingerprint density at radius 1 is 0.933 bits per heavy atom. The predicted molar refractivity (Wildman–Crippen MR) is 115 cm³/mol. The van der Waals surface area contributed by atoms with Crippen LogP contribution >= 0.6 is 22.9 Å². The van der Waals surface area contributed by atoms with Gasteiger partial charge in [-0.1, -0.05) is 23.7 Å². The van der Waals surface area contributed by atoms with E-state index in [1.165, 1.54) is 44.6 Å². The van der Waals surface area contributed by atoms with Crippen molar-refractivity contribution in [3.8, 4) is 11.1 Å². The zero-order chi connectivity index (χ0) is 21.9. The van der Waals surface area contributed by atoms with Gasteiger partial charge in [0.05, 0.1) is 25.3 Å². The predicted octanol–water partition coefficient (Wildman–Crippen LogP) is 4.44. The van der Waals surface area contributed by atoms with Crippen molar-refractivity contribution in [1.29, 1.82) is 0 Å².